The van der Waals surface area contributed by atoms with Crippen LogP contribution in [0.4, 0.5) is 0 Å². The van der Waals surface area contributed by atoms with Crippen molar-refractivity contribution < 1.29 is 14.3 Å². The largest absolute Gasteiger partial charge is 0.497 e. The van der Waals surface area contributed by atoms with Crippen molar-refractivity contribution >= 4 is 17.2 Å². The molecule has 5 heteroatoms. The lowest BCUT2D eigenvalue weighted by atomic mass is 9.74. The molecule has 1 fully saturated rings. The maximum Gasteiger partial charge on any atom is 0.251 e. The zero-order chi connectivity index (χ0) is 20.1. The second kappa shape index (κ2) is 8.80. The lowest BCUT2D eigenvalue weighted by Gasteiger charge is -2.38. The molecule has 4 nitrogen and oxygen atoms in total. The summed E-state index contributed by atoms with van der Waals surface area (Å²) in [6.45, 7) is 2.00. The summed E-state index contributed by atoms with van der Waals surface area (Å²) >= 11 is 1.67. The third-order valence-corrected chi connectivity index (χ3v) is 6.42. The van der Waals surface area contributed by atoms with Crippen molar-refractivity contribution in [1.29, 1.82) is 0 Å². The average Bonchev–Trinajstić information content (AvgIpc) is 3.33. The molecule has 1 saturated heterocycles. The molecule has 1 aliphatic heterocycles. The average molecular weight is 408 g/mol. The Balaban J connectivity index is 1.47. The van der Waals surface area contributed by atoms with Gasteiger partial charge in [-0.15, -0.1) is 0 Å². The van der Waals surface area contributed by atoms with Crippen molar-refractivity contribution in [2.75, 3.05) is 26.9 Å². The zero-order valence-corrected chi connectivity index (χ0v) is 17.3. The second-order valence-corrected chi connectivity index (χ2v) is 8.17. The number of methoxy groups -OCH3 is 1. The highest BCUT2D eigenvalue weighted by Gasteiger charge is 2.35. The number of nitrogens with one attached hydrogen (secondary N) is 1. The van der Waals surface area contributed by atoms with Gasteiger partial charge < -0.3 is 14.8 Å². The van der Waals surface area contributed by atoms with E-state index in [1.165, 1.54) is 11.1 Å². The van der Waals surface area contributed by atoms with Crippen LogP contribution in [0.5, 0.6) is 5.75 Å². The molecular formula is C24H25NO3S. The maximum atomic E-state index is 12.8. The Morgan fingerprint density at radius 1 is 1.03 bits per heavy atom. The SMILES string of the molecule is COc1ccc(C2(CNC(=O)c3ccc(-c4ccsc4)cc3)CCOCC2)cc1. The van der Waals surface area contributed by atoms with E-state index < -0.39 is 0 Å². The summed E-state index contributed by atoms with van der Waals surface area (Å²) in [5.74, 6) is 0.798. The molecule has 3 aromatic rings. The van der Waals surface area contributed by atoms with E-state index in [1.54, 1.807) is 18.4 Å². The van der Waals surface area contributed by atoms with Gasteiger partial charge in [0.05, 0.1) is 7.11 Å². The van der Waals surface area contributed by atoms with Crippen LogP contribution in [0.15, 0.2) is 65.4 Å². The first-order valence-electron chi connectivity index (χ1n) is 9.83. The molecule has 29 heavy (non-hydrogen) atoms. The molecule has 0 saturated carbocycles. The fourth-order valence-corrected chi connectivity index (χ4v) is 4.53. The molecule has 1 amide bonds. The molecule has 2 heterocycles. The first kappa shape index (κ1) is 19.7. The van der Waals surface area contributed by atoms with Crippen molar-refractivity contribution in [2.24, 2.45) is 0 Å². The normalized spacial score (nSPS) is 15.6. The van der Waals surface area contributed by atoms with Crippen LogP contribution >= 0.6 is 11.3 Å². The van der Waals surface area contributed by atoms with Gasteiger partial charge in [0.2, 0.25) is 0 Å². The van der Waals surface area contributed by atoms with E-state index in [-0.39, 0.29) is 11.3 Å². The fourth-order valence-electron chi connectivity index (χ4n) is 3.87. The fraction of sp³-hybridized carbons (Fsp3) is 0.292. The van der Waals surface area contributed by atoms with Gasteiger partial charge in [0.1, 0.15) is 5.75 Å². The van der Waals surface area contributed by atoms with Gasteiger partial charge in [-0.05, 0) is 70.6 Å². The van der Waals surface area contributed by atoms with Gasteiger partial charge in [-0.1, -0.05) is 24.3 Å². The molecule has 1 aliphatic rings. The van der Waals surface area contributed by atoms with Gasteiger partial charge in [-0.25, -0.2) is 0 Å². The molecule has 0 atom stereocenters. The van der Waals surface area contributed by atoms with Crippen LogP contribution in [0.25, 0.3) is 11.1 Å². The quantitative estimate of drug-likeness (QED) is 0.632. The van der Waals surface area contributed by atoms with Gasteiger partial charge >= 0.3 is 0 Å². The van der Waals surface area contributed by atoms with E-state index in [2.05, 4.69) is 34.3 Å². The number of thiophene rings is 1. The summed E-state index contributed by atoms with van der Waals surface area (Å²) in [5.41, 5.74) is 4.09. The first-order valence-corrected chi connectivity index (χ1v) is 10.8. The Morgan fingerprint density at radius 3 is 2.38 bits per heavy atom. The zero-order valence-electron chi connectivity index (χ0n) is 16.5. The minimum Gasteiger partial charge on any atom is -0.497 e. The molecule has 0 spiro atoms. The van der Waals surface area contributed by atoms with E-state index in [4.69, 9.17) is 9.47 Å². The molecule has 1 N–H and O–H groups in total. The van der Waals surface area contributed by atoms with Gasteiger partial charge in [0.25, 0.3) is 5.91 Å². The lowest BCUT2D eigenvalue weighted by molar-refractivity contribution is 0.0487. The number of benzene rings is 2. The van der Waals surface area contributed by atoms with E-state index in [9.17, 15) is 4.79 Å². The van der Waals surface area contributed by atoms with Gasteiger partial charge in [0, 0.05) is 30.7 Å². The summed E-state index contributed by atoms with van der Waals surface area (Å²) in [5, 5.41) is 7.34. The second-order valence-electron chi connectivity index (χ2n) is 7.39. The number of hydrogen-bond acceptors (Lipinski definition) is 4. The van der Waals surface area contributed by atoms with Crippen LogP contribution in [0.3, 0.4) is 0 Å². The molecular weight excluding hydrogens is 382 g/mol. The predicted molar refractivity (Wildman–Crippen MR) is 117 cm³/mol. The van der Waals surface area contributed by atoms with Crippen molar-refractivity contribution in [3.63, 3.8) is 0 Å². The third kappa shape index (κ3) is 4.36. The molecule has 2 aromatic carbocycles. The van der Waals surface area contributed by atoms with Gasteiger partial charge in [-0.2, -0.15) is 11.3 Å². The third-order valence-electron chi connectivity index (χ3n) is 5.74. The topological polar surface area (TPSA) is 47.6 Å². The predicted octanol–water partition coefficient (Wildman–Crippen LogP) is 4.90. The number of carbonyl (C=O) groups is 1. The number of carbonyl (C=O) groups excluding carboxylic acids is 1. The Kier molecular flexibility index (Phi) is 5.97. The molecule has 0 bridgehead atoms. The minimum absolute atomic E-state index is 0.0405. The van der Waals surface area contributed by atoms with E-state index in [0.717, 1.165) is 24.2 Å². The summed E-state index contributed by atoms with van der Waals surface area (Å²) in [6.07, 6.45) is 1.77. The van der Waals surface area contributed by atoms with E-state index >= 15 is 0 Å². The summed E-state index contributed by atoms with van der Waals surface area (Å²) in [6, 6.07) is 18.1. The Hall–Kier alpha value is -2.63. The highest BCUT2D eigenvalue weighted by molar-refractivity contribution is 7.08. The van der Waals surface area contributed by atoms with Crippen molar-refractivity contribution in [3.8, 4) is 16.9 Å². The summed E-state index contributed by atoms with van der Waals surface area (Å²) in [7, 11) is 1.67. The van der Waals surface area contributed by atoms with Crippen LogP contribution in [0.1, 0.15) is 28.8 Å². The number of ether oxygens (including phenoxy) is 2. The van der Waals surface area contributed by atoms with Crippen molar-refractivity contribution in [3.05, 3.63) is 76.5 Å². The number of hydrogen-bond donors (Lipinski definition) is 1. The summed E-state index contributed by atoms with van der Waals surface area (Å²) in [4.78, 5) is 12.8. The number of amides is 1. The number of rotatable bonds is 6. The minimum atomic E-state index is -0.114. The molecule has 0 radical (unpaired) electrons. The van der Waals surface area contributed by atoms with E-state index in [1.807, 2.05) is 36.4 Å². The highest BCUT2D eigenvalue weighted by atomic mass is 32.1. The Labute approximate surface area is 175 Å². The first-order chi connectivity index (χ1) is 14.2. The van der Waals surface area contributed by atoms with Gasteiger partial charge in [0.15, 0.2) is 0 Å². The summed E-state index contributed by atoms with van der Waals surface area (Å²) < 4.78 is 10.9. The van der Waals surface area contributed by atoms with Crippen LogP contribution in [-0.4, -0.2) is 32.8 Å². The standard InChI is InChI=1S/C24H25NO3S/c1-27-22-8-6-21(7-9-22)24(11-13-28-14-12-24)17-25-23(26)19-4-2-18(3-5-19)20-10-15-29-16-20/h2-10,15-16H,11-14,17H2,1H3,(H,25,26). The van der Waals surface area contributed by atoms with Crippen LogP contribution in [-0.2, 0) is 10.2 Å². The lowest BCUT2D eigenvalue weighted by Crippen LogP contribution is -2.44. The van der Waals surface area contributed by atoms with E-state index in [0.29, 0.717) is 25.3 Å². The smallest absolute Gasteiger partial charge is 0.251 e. The molecule has 150 valence electrons. The van der Waals surface area contributed by atoms with Crippen LogP contribution in [0.2, 0.25) is 0 Å². The molecule has 0 aliphatic carbocycles. The van der Waals surface area contributed by atoms with Gasteiger partial charge in [-0.3, -0.25) is 4.79 Å². The Morgan fingerprint density at radius 2 is 1.76 bits per heavy atom. The molecule has 0 unspecified atom stereocenters. The highest BCUT2D eigenvalue weighted by Crippen LogP contribution is 2.35. The maximum absolute atomic E-state index is 12.8. The van der Waals surface area contributed by atoms with Crippen molar-refractivity contribution in [2.45, 2.75) is 18.3 Å². The molecule has 1 aromatic heterocycles. The van der Waals surface area contributed by atoms with Crippen LogP contribution < -0.4 is 10.1 Å². The van der Waals surface area contributed by atoms with Crippen molar-refractivity contribution in [1.82, 2.24) is 5.32 Å². The monoisotopic (exact) mass is 407 g/mol. The molecule has 4 rings (SSSR count). The van der Waals surface area contributed by atoms with Crippen LogP contribution in [0, 0.1) is 0 Å². The Bertz CT molecular complexity index is 927.